The van der Waals surface area contributed by atoms with Crippen LogP contribution in [0.1, 0.15) is 35.2 Å². The number of hydrogen-bond donors (Lipinski definition) is 0. The van der Waals surface area contributed by atoms with Crippen molar-refractivity contribution in [3.63, 3.8) is 0 Å². The summed E-state index contributed by atoms with van der Waals surface area (Å²) in [5.41, 5.74) is 2.00. The number of amides is 3. The fourth-order valence-corrected chi connectivity index (χ4v) is 4.08. The van der Waals surface area contributed by atoms with Gasteiger partial charge in [0.1, 0.15) is 11.8 Å². The van der Waals surface area contributed by atoms with Gasteiger partial charge < -0.3 is 14.4 Å². The molecule has 0 N–H and O–H groups in total. The van der Waals surface area contributed by atoms with E-state index >= 15 is 0 Å². The van der Waals surface area contributed by atoms with Crippen molar-refractivity contribution in [2.75, 3.05) is 25.2 Å². The molecule has 2 aromatic rings. The summed E-state index contributed by atoms with van der Waals surface area (Å²) in [7, 11) is 1.56. The first-order chi connectivity index (χ1) is 15.0. The standard InChI is InChI=1S/C24H26N2O5/c1-16-5-9-18(10-6-16)26-22(27)14-21(24(26)29)25(15-20-4-3-13-31-20)23(28)17-7-11-19(30-2)12-8-17/h5-12,20-21H,3-4,13-15H2,1-2H3. The third kappa shape index (κ3) is 4.32. The van der Waals surface area contributed by atoms with Crippen LogP contribution < -0.4 is 9.64 Å². The fourth-order valence-electron chi connectivity index (χ4n) is 4.08. The Balaban J connectivity index is 1.62. The first-order valence-corrected chi connectivity index (χ1v) is 10.5. The Labute approximate surface area is 181 Å². The van der Waals surface area contributed by atoms with Crippen LogP contribution in [-0.4, -0.2) is 55.0 Å². The largest absolute Gasteiger partial charge is 0.497 e. The number of nitrogens with zero attached hydrogens (tertiary/aromatic N) is 2. The van der Waals surface area contributed by atoms with Crippen molar-refractivity contribution in [2.24, 2.45) is 0 Å². The zero-order valence-corrected chi connectivity index (χ0v) is 17.7. The van der Waals surface area contributed by atoms with E-state index in [4.69, 9.17) is 9.47 Å². The van der Waals surface area contributed by atoms with Gasteiger partial charge in [-0.15, -0.1) is 0 Å². The second kappa shape index (κ2) is 8.89. The van der Waals surface area contributed by atoms with Crippen molar-refractivity contribution in [3.8, 4) is 5.75 Å². The van der Waals surface area contributed by atoms with E-state index in [9.17, 15) is 14.4 Å². The maximum absolute atomic E-state index is 13.4. The molecule has 0 spiro atoms. The molecule has 0 aliphatic carbocycles. The summed E-state index contributed by atoms with van der Waals surface area (Å²) < 4.78 is 10.9. The van der Waals surface area contributed by atoms with Crippen LogP contribution in [0.2, 0.25) is 0 Å². The summed E-state index contributed by atoms with van der Waals surface area (Å²) >= 11 is 0. The van der Waals surface area contributed by atoms with E-state index < -0.39 is 6.04 Å². The number of carbonyl (C=O) groups is 3. The Morgan fingerprint density at radius 2 is 1.84 bits per heavy atom. The predicted octanol–water partition coefficient (Wildman–Crippen LogP) is 2.96. The predicted molar refractivity (Wildman–Crippen MR) is 115 cm³/mol. The molecule has 0 radical (unpaired) electrons. The van der Waals surface area contributed by atoms with Crippen molar-refractivity contribution in [1.82, 2.24) is 4.90 Å². The maximum Gasteiger partial charge on any atom is 0.257 e. The highest BCUT2D eigenvalue weighted by Gasteiger charge is 2.45. The van der Waals surface area contributed by atoms with Gasteiger partial charge in [-0.3, -0.25) is 14.4 Å². The molecule has 7 heteroatoms. The average molecular weight is 422 g/mol. The normalized spacial score (nSPS) is 20.9. The number of aryl methyl sites for hydroxylation is 1. The monoisotopic (exact) mass is 422 g/mol. The van der Waals surface area contributed by atoms with Gasteiger partial charge in [-0.1, -0.05) is 17.7 Å². The number of anilines is 1. The SMILES string of the molecule is COc1ccc(C(=O)N(CC2CCCO2)C2CC(=O)N(c3ccc(C)cc3)C2=O)cc1. The lowest BCUT2D eigenvalue weighted by Gasteiger charge is -2.30. The maximum atomic E-state index is 13.4. The number of imide groups is 1. The van der Waals surface area contributed by atoms with Gasteiger partial charge in [0.25, 0.3) is 11.8 Å². The summed E-state index contributed by atoms with van der Waals surface area (Å²) in [6.07, 6.45) is 1.56. The van der Waals surface area contributed by atoms with Crippen molar-refractivity contribution in [2.45, 2.75) is 38.3 Å². The minimum atomic E-state index is -0.854. The van der Waals surface area contributed by atoms with Gasteiger partial charge in [0.2, 0.25) is 5.91 Å². The van der Waals surface area contributed by atoms with Gasteiger partial charge in [0.05, 0.1) is 25.3 Å². The van der Waals surface area contributed by atoms with E-state index in [0.717, 1.165) is 18.4 Å². The van der Waals surface area contributed by atoms with Gasteiger partial charge in [0.15, 0.2) is 0 Å². The highest BCUT2D eigenvalue weighted by atomic mass is 16.5. The first kappa shape index (κ1) is 21.1. The summed E-state index contributed by atoms with van der Waals surface area (Å²) in [5.74, 6) is -0.345. The number of benzene rings is 2. The third-order valence-corrected chi connectivity index (χ3v) is 5.81. The molecule has 2 saturated heterocycles. The van der Waals surface area contributed by atoms with Crippen LogP contribution in [0.15, 0.2) is 48.5 Å². The number of rotatable bonds is 6. The Kier molecular flexibility index (Phi) is 6.04. The molecule has 2 atom stereocenters. The number of carbonyl (C=O) groups excluding carboxylic acids is 3. The second-order valence-electron chi connectivity index (χ2n) is 7.94. The van der Waals surface area contributed by atoms with E-state index in [1.807, 2.05) is 19.1 Å². The molecule has 2 aliphatic rings. The van der Waals surface area contributed by atoms with Crippen LogP contribution in [0.4, 0.5) is 5.69 Å². The molecule has 2 heterocycles. The molecule has 3 amide bonds. The molecule has 162 valence electrons. The fraction of sp³-hybridized carbons (Fsp3) is 0.375. The highest BCUT2D eigenvalue weighted by molar-refractivity contribution is 6.23. The molecular weight excluding hydrogens is 396 g/mol. The minimum absolute atomic E-state index is 0.0404. The van der Waals surface area contributed by atoms with Crippen LogP contribution in [0, 0.1) is 6.92 Å². The smallest absolute Gasteiger partial charge is 0.257 e. The Morgan fingerprint density at radius 1 is 1.13 bits per heavy atom. The molecular formula is C24H26N2O5. The number of ether oxygens (including phenoxy) is 2. The molecule has 7 nitrogen and oxygen atoms in total. The van der Waals surface area contributed by atoms with Crippen LogP contribution in [-0.2, 0) is 14.3 Å². The highest BCUT2D eigenvalue weighted by Crippen LogP contribution is 2.28. The van der Waals surface area contributed by atoms with E-state index in [-0.39, 0.29) is 36.8 Å². The van der Waals surface area contributed by atoms with Gasteiger partial charge >= 0.3 is 0 Å². The molecule has 0 aromatic heterocycles. The third-order valence-electron chi connectivity index (χ3n) is 5.81. The quantitative estimate of drug-likeness (QED) is 0.669. The topological polar surface area (TPSA) is 76.2 Å². The van der Waals surface area contributed by atoms with Gasteiger partial charge in [-0.25, -0.2) is 4.90 Å². The van der Waals surface area contributed by atoms with Gasteiger partial charge in [-0.2, -0.15) is 0 Å². The zero-order valence-electron chi connectivity index (χ0n) is 17.7. The first-order valence-electron chi connectivity index (χ1n) is 10.5. The van der Waals surface area contributed by atoms with Crippen molar-refractivity contribution in [3.05, 3.63) is 59.7 Å². The summed E-state index contributed by atoms with van der Waals surface area (Å²) in [6.45, 7) is 2.86. The van der Waals surface area contributed by atoms with Crippen LogP contribution in [0.5, 0.6) is 5.75 Å². The van der Waals surface area contributed by atoms with Gasteiger partial charge in [-0.05, 0) is 56.2 Å². The number of methoxy groups -OCH3 is 1. The van der Waals surface area contributed by atoms with Crippen LogP contribution in [0.3, 0.4) is 0 Å². The van der Waals surface area contributed by atoms with Gasteiger partial charge in [0, 0.05) is 18.7 Å². The molecule has 2 aromatic carbocycles. The lowest BCUT2D eigenvalue weighted by molar-refractivity contribution is -0.122. The Hall–Kier alpha value is -3.19. The van der Waals surface area contributed by atoms with E-state index in [1.54, 1.807) is 43.5 Å². The Morgan fingerprint density at radius 3 is 2.45 bits per heavy atom. The molecule has 0 saturated carbocycles. The molecule has 2 unspecified atom stereocenters. The van der Waals surface area contributed by atoms with E-state index in [0.29, 0.717) is 23.6 Å². The second-order valence-corrected chi connectivity index (χ2v) is 7.94. The average Bonchev–Trinajstić information content (AvgIpc) is 3.40. The van der Waals surface area contributed by atoms with Crippen LogP contribution in [0.25, 0.3) is 0 Å². The number of hydrogen-bond acceptors (Lipinski definition) is 5. The van der Waals surface area contributed by atoms with Crippen molar-refractivity contribution < 1.29 is 23.9 Å². The Bertz CT molecular complexity index is 964. The van der Waals surface area contributed by atoms with Crippen molar-refractivity contribution in [1.29, 1.82) is 0 Å². The summed E-state index contributed by atoms with van der Waals surface area (Å²) in [6, 6.07) is 13.1. The molecule has 0 bridgehead atoms. The van der Waals surface area contributed by atoms with Crippen LogP contribution >= 0.6 is 0 Å². The lowest BCUT2D eigenvalue weighted by atomic mass is 10.1. The van der Waals surface area contributed by atoms with E-state index in [2.05, 4.69) is 0 Å². The minimum Gasteiger partial charge on any atom is -0.497 e. The molecule has 31 heavy (non-hydrogen) atoms. The molecule has 2 aliphatic heterocycles. The zero-order chi connectivity index (χ0) is 22.0. The lowest BCUT2D eigenvalue weighted by Crippen LogP contribution is -2.48. The summed E-state index contributed by atoms with van der Waals surface area (Å²) in [5, 5.41) is 0. The summed E-state index contributed by atoms with van der Waals surface area (Å²) in [4.78, 5) is 42.2. The molecule has 4 rings (SSSR count). The van der Waals surface area contributed by atoms with E-state index in [1.165, 1.54) is 9.80 Å². The molecule has 2 fully saturated rings. The van der Waals surface area contributed by atoms with Crippen molar-refractivity contribution >= 4 is 23.4 Å².